The monoisotopic (exact) mass is 336 g/mol. The maximum Gasteiger partial charge on any atom is 0.328 e. The third-order valence-corrected chi connectivity index (χ3v) is 3.10. The van der Waals surface area contributed by atoms with Gasteiger partial charge in [0.1, 0.15) is 5.75 Å². The quantitative estimate of drug-likeness (QED) is 0.928. The molecule has 1 N–H and O–H groups in total. The van der Waals surface area contributed by atoms with Crippen molar-refractivity contribution >= 4 is 22.0 Å². The molecular formula is C14H13BrN2O3. The van der Waals surface area contributed by atoms with Gasteiger partial charge in [0.25, 0.3) is 5.56 Å². The van der Waals surface area contributed by atoms with Gasteiger partial charge in [-0.25, -0.2) is 4.79 Å². The van der Waals surface area contributed by atoms with Gasteiger partial charge in [0.15, 0.2) is 0 Å². The van der Waals surface area contributed by atoms with Gasteiger partial charge in [-0.3, -0.25) is 9.36 Å². The van der Waals surface area contributed by atoms with E-state index in [0.29, 0.717) is 5.56 Å². The Labute approximate surface area is 123 Å². The van der Waals surface area contributed by atoms with Gasteiger partial charge < -0.3 is 9.72 Å². The second-order valence-corrected chi connectivity index (χ2v) is 4.61. The molecule has 1 heterocycles. The van der Waals surface area contributed by atoms with E-state index in [2.05, 4.69) is 20.9 Å². The van der Waals surface area contributed by atoms with E-state index in [9.17, 15) is 9.59 Å². The summed E-state index contributed by atoms with van der Waals surface area (Å²) in [6.45, 7) is 0.210. The van der Waals surface area contributed by atoms with Crippen molar-refractivity contribution < 1.29 is 4.74 Å². The normalized spacial score (nSPS) is 10.9. The lowest BCUT2D eigenvalue weighted by atomic mass is 10.2. The number of aromatic amines is 1. The second kappa shape index (κ2) is 6.38. The molecule has 0 saturated heterocycles. The van der Waals surface area contributed by atoms with Crippen LogP contribution in [0, 0.1) is 0 Å². The van der Waals surface area contributed by atoms with Gasteiger partial charge in [0, 0.05) is 6.20 Å². The van der Waals surface area contributed by atoms with E-state index in [1.54, 1.807) is 30.3 Å². The lowest BCUT2D eigenvalue weighted by molar-refractivity contribution is 0.414. The Morgan fingerprint density at radius 1 is 1.30 bits per heavy atom. The highest BCUT2D eigenvalue weighted by molar-refractivity contribution is 9.11. The molecule has 6 heteroatoms. The van der Waals surface area contributed by atoms with Gasteiger partial charge in [0.05, 0.1) is 19.2 Å². The summed E-state index contributed by atoms with van der Waals surface area (Å²) in [4.78, 5) is 28.0. The van der Waals surface area contributed by atoms with Crippen molar-refractivity contribution in [3.8, 4) is 5.75 Å². The third-order valence-electron chi connectivity index (χ3n) is 2.83. The Hall–Kier alpha value is -2.08. The Balaban J connectivity index is 2.39. The molecule has 0 fully saturated rings. The Morgan fingerprint density at radius 2 is 2.00 bits per heavy atom. The number of halogens is 1. The van der Waals surface area contributed by atoms with Crippen LogP contribution in [0.4, 0.5) is 0 Å². The van der Waals surface area contributed by atoms with Crippen molar-refractivity contribution in [2.24, 2.45) is 0 Å². The number of hydrogen-bond donors (Lipinski definition) is 1. The average molecular weight is 337 g/mol. The number of rotatable bonds is 4. The third kappa shape index (κ3) is 3.08. The minimum absolute atomic E-state index is 0.210. The predicted molar refractivity (Wildman–Crippen MR) is 81.4 cm³/mol. The van der Waals surface area contributed by atoms with Crippen LogP contribution in [-0.4, -0.2) is 16.7 Å². The van der Waals surface area contributed by atoms with Crippen LogP contribution in [0.3, 0.4) is 0 Å². The van der Waals surface area contributed by atoms with Gasteiger partial charge in [-0.2, -0.15) is 0 Å². The first-order valence-corrected chi connectivity index (χ1v) is 6.79. The van der Waals surface area contributed by atoms with Crippen molar-refractivity contribution in [3.05, 3.63) is 67.4 Å². The Bertz CT molecular complexity index is 729. The van der Waals surface area contributed by atoms with Crippen LogP contribution in [0.15, 0.2) is 45.0 Å². The van der Waals surface area contributed by atoms with Gasteiger partial charge in [-0.1, -0.05) is 28.1 Å². The molecule has 1 aromatic carbocycles. The summed E-state index contributed by atoms with van der Waals surface area (Å²) >= 11 is 3.11. The summed E-state index contributed by atoms with van der Waals surface area (Å²) in [5.41, 5.74) is 0.492. The van der Waals surface area contributed by atoms with Crippen LogP contribution < -0.4 is 16.0 Å². The molecule has 0 saturated carbocycles. The molecule has 0 aliphatic heterocycles. The van der Waals surface area contributed by atoms with E-state index < -0.39 is 5.69 Å². The minimum atomic E-state index is -0.433. The molecule has 0 spiro atoms. The minimum Gasteiger partial charge on any atom is -0.497 e. The van der Waals surface area contributed by atoms with Crippen molar-refractivity contribution in [3.63, 3.8) is 0 Å². The number of ether oxygens (including phenoxy) is 1. The van der Waals surface area contributed by atoms with Crippen molar-refractivity contribution in [2.45, 2.75) is 6.54 Å². The highest BCUT2D eigenvalue weighted by atomic mass is 79.9. The largest absolute Gasteiger partial charge is 0.497 e. The fraction of sp³-hybridized carbons (Fsp3) is 0.143. The zero-order chi connectivity index (χ0) is 14.5. The van der Waals surface area contributed by atoms with E-state index in [1.807, 2.05) is 12.1 Å². The first kappa shape index (κ1) is 14.3. The summed E-state index contributed by atoms with van der Waals surface area (Å²) < 4.78 is 6.22. The zero-order valence-corrected chi connectivity index (χ0v) is 12.4. The highest BCUT2D eigenvalue weighted by Gasteiger charge is 2.06. The van der Waals surface area contributed by atoms with E-state index in [0.717, 1.165) is 15.9 Å². The SMILES string of the molecule is COc1ccc(Cn2c(=O)[nH]cc(C=CBr)c2=O)cc1. The van der Waals surface area contributed by atoms with Crippen molar-refractivity contribution in [1.29, 1.82) is 0 Å². The highest BCUT2D eigenvalue weighted by Crippen LogP contribution is 2.11. The molecule has 0 unspecified atom stereocenters. The molecule has 5 nitrogen and oxygen atoms in total. The first-order valence-electron chi connectivity index (χ1n) is 5.88. The maximum atomic E-state index is 12.2. The number of nitrogens with one attached hydrogen (secondary N) is 1. The molecule has 20 heavy (non-hydrogen) atoms. The fourth-order valence-corrected chi connectivity index (χ4v) is 2.06. The van der Waals surface area contributed by atoms with Crippen LogP contribution in [0.25, 0.3) is 6.08 Å². The van der Waals surface area contributed by atoms with E-state index in [1.165, 1.54) is 6.20 Å². The second-order valence-electron chi connectivity index (χ2n) is 4.08. The molecule has 2 rings (SSSR count). The predicted octanol–water partition coefficient (Wildman–Crippen LogP) is 1.96. The molecule has 0 amide bonds. The fourth-order valence-electron chi connectivity index (χ4n) is 1.77. The number of nitrogens with zero attached hydrogens (tertiary/aromatic N) is 1. The Kier molecular flexibility index (Phi) is 4.57. The smallest absolute Gasteiger partial charge is 0.328 e. The van der Waals surface area contributed by atoms with Gasteiger partial charge >= 0.3 is 5.69 Å². The summed E-state index contributed by atoms with van der Waals surface area (Å²) in [5.74, 6) is 0.728. The molecular weight excluding hydrogens is 324 g/mol. The molecule has 2 aromatic rings. The molecule has 0 radical (unpaired) electrons. The van der Waals surface area contributed by atoms with Crippen LogP contribution in [0.1, 0.15) is 11.1 Å². The number of benzene rings is 1. The van der Waals surface area contributed by atoms with Crippen LogP contribution in [-0.2, 0) is 6.54 Å². The molecule has 104 valence electrons. The lowest BCUT2D eigenvalue weighted by Gasteiger charge is -2.06. The molecule has 0 aliphatic rings. The average Bonchev–Trinajstić information content (AvgIpc) is 2.47. The molecule has 0 atom stereocenters. The maximum absolute atomic E-state index is 12.2. The topological polar surface area (TPSA) is 64.1 Å². The van der Waals surface area contributed by atoms with Gasteiger partial charge in [-0.05, 0) is 28.8 Å². The molecule has 0 aliphatic carbocycles. The van der Waals surface area contributed by atoms with E-state index >= 15 is 0 Å². The summed E-state index contributed by atoms with van der Waals surface area (Å²) in [7, 11) is 1.58. The van der Waals surface area contributed by atoms with E-state index in [-0.39, 0.29) is 12.1 Å². The summed E-state index contributed by atoms with van der Waals surface area (Å²) in [6, 6.07) is 7.21. The number of H-pyrrole nitrogens is 1. The van der Waals surface area contributed by atoms with Crippen molar-refractivity contribution in [1.82, 2.24) is 9.55 Å². The number of methoxy groups -OCH3 is 1. The number of hydrogen-bond acceptors (Lipinski definition) is 3. The molecule has 1 aromatic heterocycles. The van der Waals surface area contributed by atoms with Gasteiger partial charge in [-0.15, -0.1) is 0 Å². The van der Waals surface area contributed by atoms with Crippen LogP contribution >= 0.6 is 15.9 Å². The summed E-state index contributed by atoms with van der Waals surface area (Å²) in [5, 5.41) is 0. The van der Waals surface area contributed by atoms with Crippen LogP contribution in [0.5, 0.6) is 5.75 Å². The first-order chi connectivity index (χ1) is 9.65. The van der Waals surface area contributed by atoms with Gasteiger partial charge in [0.2, 0.25) is 0 Å². The Morgan fingerprint density at radius 3 is 2.60 bits per heavy atom. The zero-order valence-electron chi connectivity index (χ0n) is 10.8. The van der Waals surface area contributed by atoms with Crippen molar-refractivity contribution in [2.75, 3.05) is 7.11 Å². The van der Waals surface area contributed by atoms with E-state index in [4.69, 9.17) is 4.74 Å². The standard InChI is InChI=1S/C14H13BrN2O3/c1-20-12-4-2-10(3-5-12)9-17-13(18)11(6-7-15)8-16-14(17)19/h2-8H,9H2,1H3,(H,16,19). The van der Waals surface area contributed by atoms with Crippen LogP contribution in [0.2, 0.25) is 0 Å². The molecule has 0 bridgehead atoms. The lowest BCUT2D eigenvalue weighted by Crippen LogP contribution is -2.36. The number of aromatic nitrogens is 2. The summed E-state index contributed by atoms with van der Waals surface area (Å²) in [6.07, 6.45) is 2.98.